The maximum Gasteiger partial charge on any atom is 0.408 e. The molecule has 0 radical (unpaired) electrons. The van der Waals surface area contributed by atoms with Gasteiger partial charge in [-0.05, 0) is 77.4 Å². The minimum Gasteiger partial charge on any atom is -0.492 e. The Balaban J connectivity index is 1.52. The number of amides is 3. The van der Waals surface area contributed by atoms with E-state index in [1.807, 2.05) is 13.8 Å². The van der Waals surface area contributed by atoms with Gasteiger partial charge in [0.2, 0.25) is 17.2 Å². The summed E-state index contributed by atoms with van der Waals surface area (Å²) in [6.45, 7) is 10.1. The number of carboxylic acids is 1. The van der Waals surface area contributed by atoms with Crippen molar-refractivity contribution in [2.45, 2.75) is 97.4 Å². The Morgan fingerprint density at radius 1 is 1.10 bits per heavy atom. The van der Waals surface area contributed by atoms with Crippen LogP contribution in [0.1, 0.15) is 90.0 Å². The molecule has 50 heavy (non-hydrogen) atoms. The van der Waals surface area contributed by atoms with Gasteiger partial charge in [-0.25, -0.2) is 18.4 Å². The van der Waals surface area contributed by atoms with E-state index in [-0.39, 0.29) is 47.3 Å². The van der Waals surface area contributed by atoms with E-state index in [1.54, 1.807) is 30.2 Å². The standard InChI is InChI=1S/C35H47F2N5O8/c1-18(2)13-26(40-31(44)19(3)39-34(48)50-35(4,5)6)32(45)38-15-25(37)20-9-8-12-41(16-20)28-24(36)14-22-27(30(28)49-7)42(21-10-11-21)17-23(29(22)43)33(46)47/h14,17-19,21,26H,8-13,15-16H2,1-7H3,(H,38,45)(H,39,48)(H,40,44)(H,46,47). The first-order valence-corrected chi connectivity index (χ1v) is 16.8. The van der Waals surface area contributed by atoms with Gasteiger partial charge in [0.1, 0.15) is 34.8 Å². The average molecular weight is 704 g/mol. The Hall–Kier alpha value is -4.69. The number of methoxy groups -OCH3 is 1. The van der Waals surface area contributed by atoms with Crippen molar-refractivity contribution in [3.63, 3.8) is 0 Å². The number of hydrogen-bond donors (Lipinski definition) is 4. The van der Waals surface area contributed by atoms with Crippen LogP contribution in [0.4, 0.5) is 19.3 Å². The predicted molar refractivity (Wildman–Crippen MR) is 183 cm³/mol. The summed E-state index contributed by atoms with van der Waals surface area (Å²) >= 11 is 0. The summed E-state index contributed by atoms with van der Waals surface area (Å²) in [5.74, 6) is -4.01. The summed E-state index contributed by atoms with van der Waals surface area (Å²) < 4.78 is 44.0. The van der Waals surface area contributed by atoms with E-state index in [2.05, 4.69) is 16.0 Å². The molecule has 13 nitrogen and oxygen atoms in total. The second-order valence-electron chi connectivity index (χ2n) is 14.3. The fourth-order valence-corrected chi connectivity index (χ4v) is 5.97. The Bertz CT molecular complexity index is 1750. The van der Waals surface area contributed by atoms with Crippen LogP contribution >= 0.6 is 0 Å². The fourth-order valence-electron chi connectivity index (χ4n) is 5.97. The molecule has 4 N–H and O–H groups in total. The summed E-state index contributed by atoms with van der Waals surface area (Å²) in [4.78, 5) is 64.6. The number of ether oxygens (including phenoxy) is 2. The van der Waals surface area contributed by atoms with Crippen LogP contribution < -0.4 is 31.0 Å². The first-order chi connectivity index (χ1) is 23.4. The van der Waals surface area contributed by atoms with E-state index < -0.39 is 70.7 Å². The lowest BCUT2D eigenvalue weighted by atomic mass is 10.0. The van der Waals surface area contributed by atoms with Crippen molar-refractivity contribution < 1.29 is 42.5 Å². The van der Waals surface area contributed by atoms with Crippen LogP contribution in [0.5, 0.6) is 5.75 Å². The monoisotopic (exact) mass is 703 g/mol. The first kappa shape index (κ1) is 38.1. The predicted octanol–water partition coefficient (Wildman–Crippen LogP) is 4.57. The molecule has 0 bridgehead atoms. The topological polar surface area (TPSA) is 168 Å². The summed E-state index contributed by atoms with van der Waals surface area (Å²) in [6.07, 6.45) is 3.05. The number of nitrogens with zero attached hydrogens (tertiary/aromatic N) is 2. The molecule has 274 valence electrons. The third-order valence-electron chi connectivity index (χ3n) is 8.45. The number of aromatic carboxylic acids is 1. The number of carbonyl (C=O) groups excluding carboxylic acids is 3. The third-order valence-corrected chi connectivity index (χ3v) is 8.45. The van der Waals surface area contributed by atoms with Gasteiger partial charge in [-0.2, -0.15) is 0 Å². The smallest absolute Gasteiger partial charge is 0.408 e. The van der Waals surface area contributed by atoms with Gasteiger partial charge in [0, 0.05) is 25.3 Å². The van der Waals surface area contributed by atoms with Gasteiger partial charge in [0.25, 0.3) is 0 Å². The van der Waals surface area contributed by atoms with Crippen LogP contribution in [-0.2, 0) is 14.3 Å². The van der Waals surface area contributed by atoms with E-state index >= 15 is 8.78 Å². The SMILES string of the molecule is COc1c(N2CCCC(=C(F)CNC(=O)C(CC(C)C)NC(=O)C(C)NC(=O)OC(C)(C)C)C2)c(F)cc2c(=O)c(C(=O)O)cn(C3CC3)c12. The molecule has 15 heteroatoms. The zero-order valence-corrected chi connectivity index (χ0v) is 29.6. The molecule has 3 amide bonds. The molecule has 1 aliphatic carbocycles. The molecule has 4 rings (SSSR count). The molecule has 1 saturated carbocycles. The molecule has 1 saturated heterocycles. The summed E-state index contributed by atoms with van der Waals surface area (Å²) in [7, 11) is 1.34. The molecule has 2 fully saturated rings. The van der Waals surface area contributed by atoms with Crippen LogP contribution in [0.15, 0.2) is 28.5 Å². The van der Waals surface area contributed by atoms with Crippen LogP contribution in [0.2, 0.25) is 0 Å². The maximum atomic E-state index is 15.8. The molecule has 1 aliphatic heterocycles. The normalized spacial score (nSPS) is 17.2. The van der Waals surface area contributed by atoms with Gasteiger partial charge in [-0.3, -0.25) is 14.4 Å². The van der Waals surface area contributed by atoms with Gasteiger partial charge in [-0.1, -0.05) is 13.8 Å². The molecule has 2 heterocycles. The van der Waals surface area contributed by atoms with E-state index in [9.17, 15) is 29.1 Å². The molecule has 2 atom stereocenters. The van der Waals surface area contributed by atoms with Crippen molar-refractivity contribution in [3.05, 3.63) is 45.3 Å². The van der Waals surface area contributed by atoms with Crippen LogP contribution in [0.3, 0.4) is 0 Å². The fraction of sp³-hybridized carbons (Fsp3) is 0.571. The van der Waals surface area contributed by atoms with Crippen molar-refractivity contribution >= 4 is 40.5 Å². The van der Waals surface area contributed by atoms with Gasteiger partial charge in [0.15, 0.2) is 11.6 Å². The van der Waals surface area contributed by atoms with Gasteiger partial charge in [0.05, 0.1) is 24.6 Å². The molecular formula is C35H47F2N5O8. The lowest BCUT2D eigenvalue weighted by molar-refractivity contribution is -0.130. The summed E-state index contributed by atoms with van der Waals surface area (Å²) in [5.41, 5.74) is -1.42. The Morgan fingerprint density at radius 2 is 1.78 bits per heavy atom. The van der Waals surface area contributed by atoms with Crippen molar-refractivity contribution in [1.29, 1.82) is 0 Å². The van der Waals surface area contributed by atoms with Crippen molar-refractivity contribution in [2.75, 3.05) is 31.6 Å². The van der Waals surface area contributed by atoms with Crippen LogP contribution in [0.25, 0.3) is 10.9 Å². The molecular weight excluding hydrogens is 656 g/mol. The number of benzene rings is 1. The van der Waals surface area contributed by atoms with E-state index in [0.29, 0.717) is 25.0 Å². The highest BCUT2D eigenvalue weighted by molar-refractivity contribution is 5.97. The number of nitrogens with one attached hydrogen (secondary N) is 3. The number of hydrogen-bond acceptors (Lipinski definition) is 8. The van der Waals surface area contributed by atoms with E-state index in [0.717, 1.165) is 18.9 Å². The lowest BCUT2D eigenvalue weighted by Gasteiger charge is -2.33. The first-order valence-electron chi connectivity index (χ1n) is 16.8. The number of fused-ring (bicyclic) bond motifs is 1. The summed E-state index contributed by atoms with van der Waals surface area (Å²) in [5, 5.41) is 17.1. The van der Waals surface area contributed by atoms with Crippen LogP contribution in [0, 0.1) is 11.7 Å². The summed E-state index contributed by atoms with van der Waals surface area (Å²) in [6, 6.07) is -1.07. The number of carboxylic acid groups (broad SMARTS) is 1. The van der Waals surface area contributed by atoms with Crippen molar-refractivity contribution in [1.82, 2.24) is 20.5 Å². The van der Waals surface area contributed by atoms with Crippen molar-refractivity contribution in [3.8, 4) is 5.75 Å². The lowest BCUT2D eigenvalue weighted by Crippen LogP contribution is -2.53. The zero-order chi connectivity index (χ0) is 37.1. The molecule has 1 aromatic heterocycles. The maximum absolute atomic E-state index is 15.8. The van der Waals surface area contributed by atoms with Crippen molar-refractivity contribution in [2.24, 2.45) is 5.92 Å². The van der Waals surface area contributed by atoms with Gasteiger partial charge < -0.3 is 40.0 Å². The molecule has 2 aliphatic rings. The van der Waals surface area contributed by atoms with Gasteiger partial charge >= 0.3 is 12.1 Å². The number of carbonyl (C=O) groups is 4. The van der Waals surface area contributed by atoms with Gasteiger partial charge in [-0.15, -0.1) is 0 Å². The minimum absolute atomic E-state index is 0.00545. The number of anilines is 1. The zero-order valence-electron chi connectivity index (χ0n) is 29.6. The van der Waals surface area contributed by atoms with E-state index in [4.69, 9.17) is 9.47 Å². The quantitative estimate of drug-likeness (QED) is 0.248. The second-order valence-corrected chi connectivity index (χ2v) is 14.3. The number of aromatic nitrogens is 1. The highest BCUT2D eigenvalue weighted by Gasteiger charge is 2.33. The van der Waals surface area contributed by atoms with Crippen LogP contribution in [-0.4, -0.2) is 78.0 Å². The Kier molecular flexibility index (Phi) is 11.8. The number of pyridine rings is 1. The third kappa shape index (κ3) is 9.10. The average Bonchev–Trinajstić information content (AvgIpc) is 3.87. The highest BCUT2D eigenvalue weighted by atomic mass is 19.1. The molecule has 2 aromatic rings. The molecule has 2 unspecified atom stereocenters. The molecule has 0 spiro atoms. The minimum atomic E-state index is -1.41. The number of halogens is 2. The molecule has 1 aromatic carbocycles. The number of piperidine rings is 1. The largest absolute Gasteiger partial charge is 0.492 e. The number of alkyl carbamates (subject to hydrolysis) is 1. The Labute approximate surface area is 289 Å². The highest BCUT2D eigenvalue weighted by Crippen LogP contribution is 2.44. The Morgan fingerprint density at radius 3 is 2.36 bits per heavy atom. The number of rotatable bonds is 12. The second kappa shape index (κ2) is 15.5. The van der Waals surface area contributed by atoms with E-state index in [1.165, 1.54) is 20.2 Å².